The lowest BCUT2D eigenvalue weighted by atomic mass is 9.94. The number of amides is 1. The molecular formula is C21H29N3O6S. The van der Waals surface area contributed by atoms with Crippen molar-refractivity contribution in [2.75, 3.05) is 26.2 Å². The predicted molar refractivity (Wildman–Crippen MR) is 114 cm³/mol. The molecule has 0 aliphatic carbocycles. The van der Waals surface area contributed by atoms with Crippen LogP contribution < -0.4 is 11.1 Å². The van der Waals surface area contributed by atoms with Crippen molar-refractivity contribution < 1.29 is 22.4 Å². The molecule has 0 saturated carbocycles. The maximum absolute atomic E-state index is 13.1. The number of nitrogens with zero attached hydrogens (tertiary/aromatic N) is 2. The van der Waals surface area contributed by atoms with E-state index in [-0.39, 0.29) is 28.4 Å². The van der Waals surface area contributed by atoms with Crippen LogP contribution in [0, 0.1) is 5.92 Å². The van der Waals surface area contributed by atoms with E-state index in [1.165, 1.54) is 21.0 Å². The number of rotatable bonds is 7. The first-order chi connectivity index (χ1) is 14.9. The van der Waals surface area contributed by atoms with E-state index in [4.69, 9.17) is 9.15 Å². The Morgan fingerprint density at radius 2 is 2.00 bits per heavy atom. The smallest absolute Gasteiger partial charge is 0.408 e. The summed E-state index contributed by atoms with van der Waals surface area (Å²) in [5, 5.41) is 2.93. The summed E-state index contributed by atoms with van der Waals surface area (Å²) in [4.78, 5) is 24.2. The van der Waals surface area contributed by atoms with Crippen LogP contribution in [0.25, 0.3) is 11.1 Å². The van der Waals surface area contributed by atoms with Gasteiger partial charge in [-0.25, -0.2) is 13.2 Å². The number of nitrogens with one attached hydrogen (secondary N) is 1. The van der Waals surface area contributed by atoms with Crippen molar-refractivity contribution >= 4 is 27.0 Å². The second kappa shape index (κ2) is 9.13. The zero-order valence-corrected chi connectivity index (χ0v) is 18.5. The minimum absolute atomic E-state index is 0.00211. The second-order valence-corrected chi connectivity index (χ2v) is 10.2. The van der Waals surface area contributed by atoms with Gasteiger partial charge in [0.05, 0.1) is 16.5 Å². The van der Waals surface area contributed by atoms with E-state index in [1.807, 2.05) is 6.92 Å². The average Bonchev–Trinajstić information content (AvgIpc) is 3.38. The second-order valence-electron chi connectivity index (χ2n) is 8.23. The number of carbonyl (C=O) groups is 1. The van der Waals surface area contributed by atoms with Crippen molar-refractivity contribution in [3.63, 3.8) is 0 Å². The van der Waals surface area contributed by atoms with Gasteiger partial charge in [0, 0.05) is 45.3 Å². The first-order valence-electron chi connectivity index (χ1n) is 10.9. The summed E-state index contributed by atoms with van der Waals surface area (Å²) in [6.07, 6.45) is 3.81. The Labute approximate surface area is 181 Å². The number of sulfonamides is 1. The fraction of sp³-hybridized carbons (Fsp3) is 0.619. The number of carbonyl (C=O) groups excluding carboxylic acids is 1. The number of aryl methyl sites for hydroxylation is 1. The lowest BCUT2D eigenvalue weighted by Crippen LogP contribution is -2.40. The van der Waals surface area contributed by atoms with E-state index in [0.717, 1.165) is 19.4 Å². The highest BCUT2D eigenvalue weighted by atomic mass is 32.2. The Kier molecular flexibility index (Phi) is 6.49. The van der Waals surface area contributed by atoms with Gasteiger partial charge in [0.25, 0.3) is 0 Å². The molecule has 2 saturated heterocycles. The summed E-state index contributed by atoms with van der Waals surface area (Å²) in [5.74, 6) is -0.335. The Hall–Kier alpha value is -2.17. The van der Waals surface area contributed by atoms with Crippen LogP contribution in [0.1, 0.15) is 39.0 Å². The molecule has 1 aromatic heterocycles. The minimum atomic E-state index is -3.69. The van der Waals surface area contributed by atoms with Crippen LogP contribution in [-0.4, -0.2) is 55.5 Å². The number of fused-ring (bicyclic) bond motifs is 1. The van der Waals surface area contributed by atoms with Crippen molar-refractivity contribution in [2.24, 2.45) is 5.92 Å². The molecular weight excluding hydrogens is 422 g/mol. The standard InChI is InChI=1S/C21H29N3O6S/c1-2-24-18-6-5-17(13-19(18)30-21(24)26)31(27,28)23-9-7-15(8-10-23)12-20(25)22-14-16-4-3-11-29-16/h5-6,13,15-16H,2-4,7-12,14H2,1H3,(H,22,25). The van der Waals surface area contributed by atoms with E-state index in [9.17, 15) is 18.0 Å². The molecule has 0 radical (unpaired) electrons. The Bertz CT molecular complexity index is 1090. The van der Waals surface area contributed by atoms with E-state index in [1.54, 1.807) is 6.07 Å². The first kappa shape index (κ1) is 22.0. The molecule has 1 N–H and O–H groups in total. The van der Waals surface area contributed by atoms with E-state index in [0.29, 0.717) is 51.0 Å². The molecule has 1 aromatic carbocycles. The third-order valence-corrected chi connectivity index (χ3v) is 8.09. The van der Waals surface area contributed by atoms with Crippen LogP contribution in [0.2, 0.25) is 0 Å². The molecule has 1 unspecified atom stereocenters. The number of piperidine rings is 1. The van der Waals surface area contributed by atoms with Gasteiger partial charge in [-0.1, -0.05) is 0 Å². The van der Waals surface area contributed by atoms with Crippen LogP contribution in [-0.2, 0) is 26.1 Å². The normalized spacial score (nSPS) is 21.0. The lowest BCUT2D eigenvalue weighted by Gasteiger charge is -2.31. The molecule has 31 heavy (non-hydrogen) atoms. The highest BCUT2D eigenvalue weighted by molar-refractivity contribution is 7.89. The lowest BCUT2D eigenvalue weighted by molar-refractivity contribution is -0.122. The summed E-state index contributed by atoms with van der Waals surface area (Å²) in [6, 6.07) is 4.55. The van der Waals surface area contributed by atoms with Crippen molar-refractivity contribution in [3.8, 4) is 0 Å². The van der Waals surface area contributed by atoms with Crippen molar-refractivity contribution in [2.45, 2.75) is 56.6 Å². The summed E-state index contributed by atoms with van der Waals surface area (Å²) < 4.78 is 39.8. The van der Waals surface area contributed by atoms with Crippen molar-refractivity contribution in [1.82, 2.24) is 14.2 Å². The molecule has 0 bridgehead atoms. The highest BCUT2D eigenvalue weighted by Crippen LogP contribution is 2.27. The molecule has 9 nitrogen and oxygen atoms in total. The minimum Gasteiger partial charge on any atom is -0.408 e. The number of oxazole rings is 1. The Balaban J connectivity index is 1.34. The van der Waals surface area contributed by atoms with E-state index < -0.39 is 15.8 Å². The quantitative estimate of drug-likeness (QED) is 0.686. The van der Waals surface area contributed by atoms with Gasteiger partial charge in [0.15, 0.2) is 5.58 Å². The van der Waals surface area contributed by atoms with Gasteiger partial charge < -0.3 is 14.5 Å². The van der Waals surface area contributed by atoms with Crippen molar-refractivity contribution in [3.05, 3.63) is 28.7 Å². The fourth-order valence-electron chi connectivity index (χ4n) is 4.38. The van der Waals surface area contributed by atoms with E-state index in [2.05, 4.69) is 5.32 Å². The van der Waals surface area contributed by atoms with Crippen LogP contribution in [0.3, 0.4) is 0 Å². The van der Waals surface area contributed by atoms with Gasteiger partial charge in [-0.2, -0.15) is 4.31 Å². The topological polar surface area (TPSA) is 111 Å². The maximum atomic E-state index is 13.1. The SMILES string of the molecule is CCn1c(=O)oc2cc(S(=O)(=O)N3CCC(CC(=O)NCC4CCCO4)CC3)ccc21. The van der Waals surface area contributed by atoms with Crippen LogP contribution in [0.5, 0.6) is 0 Å². The van der Waals surface area contributed by atoms with Crippen LogP contribution >= 0.6 is 0 Å². The molecule has 2 aliphatic heterocycles. The number of hydrogen-bond donors (Lipinski definition) is 1. The average molecular weight is 452 g/mol. The van der Waals surface area contributed by atoms with Gasteiger partial charge in [-0.3, -0.25) is 9.36 Å². The molecule has 1 amide bonds. The summed E-state index contributed by atoms with van der Waals surface area (Å²) in [5.41, 5.74) is 0.852. The largest absolute Gasteiger partial charge is 0.419 e. The molecule has 170 valence electrons. The number of benzene rings is 1. The summed E-state index contributed by atoms with van der Waals surface area (Å²) >= 11 is 0. The molecule has 2 aliphatic rings. The first-order valence-corrected chi connectivity index (χ1v) is 12.3. The highest BCUT2D eigenvalue weighted by Gasteiger charge is 2.31. The molecule has 0 spiro atoms. The van der Waals surface area contributed by atoms with Gasteiger partial charge in [0.1, 0.15) is 0 Å². The molecule has 2 aromatic rings. The van der Waals surface area contributed by atoms with Gasteiger partial charge in [-0.05, 0) is 50.7 Å². The molecule has 1 atom stereocenters. The summed E-state index contributed by atoms with van der Waals surface area (Å²) in [6.45, 7) is 4.32. The van der Waals surface area contributed by atoms with Crippen molar-refractivity contribution in [1.29, 1.82) is 0 Å². The molecule has 2 fully saturated rings. The Morgan fingerprint density at radius 3 is 2.68 bits per heavy atom. The zero-order valence-electron chi connectivity index (χ0n) is 17.7. The van der Waals surface area contributed by atoms with E-state index >= 15 is 0 Å². The fourth-order valence-corrected chi connectivity index (χ4v) is 5.86. The maximum Gasteiger partial charge on any atom is 0.419 e. The third kappa shape index (κ3) is 4.70. The zero-order chi connectivity index (χ0) is 22.0. The molecule has 4 rings (SSSR count). The number of ether oxygens (including phenoxy) is 1. The molecule has 3 heterocycles. The Morgan fingerprint density at radius 1 is 1.23 bits per heavy atom. The number of hydrogen-bond acceptors (Lipinski definition) is 6. The third-order valence-electron chi connectivity index (χ3n) is 6.19. The van der Waals surface area contributed by atoms with Gasteiger partial charge in [-0.15, -0.1) is 0 Å². The van der Waals surface area contributed by atoms with Gasteiger partial charge >= 0.3 is 5.76 Å². The molecule has 10 heteroatoms. The monoisotopic (exact) mass is 451 g/mol. The van der Waals surface area contributed by atoms with Crippen LogP contribution in [0.4, 0.5) is 0 Å². The van der Waals surface area contributed by atoms with Gasteiger partial charge in [0.2, 0.25) is 15.9 Å². The predicted octanol–water partition coefficient (Wildman–Crippen LogP) is 1.70. The summed E-state index contributed by atoms with van der Waals surface area (Å²) in [7, 11) is -3.69. The van der Waals surface area contributed by atoms with Crippen LogP contribution in [0.15, 0.2) is 32.3 Å². The number of aromatic nitrogens is 1.